The number of thiazole rings is 1. The van der Waals surface area contributed by atoms with Gasteiger partial charge in [0.25, 0.3) is 5.91 Å². The molecule has 0 aliphatic carbocycles. The fourth-order valence-corrected chi connectivity index (χ4v) is 4.62. The quantitative estimate of drug-likeness (QED) is 0.492. The Bertz CT molecular complexity index is 1260. The first-order valence-corrected chi connectivity index (χ1v) is 11.3. The zero-order valence-electron chi connectivity index (χ0n) is 17.9. The SMILES string of the molecule is Cc1nc(Nc2cccc(C3CN(C(=O)c4cccc5cccnc45)CCO3)n2)sc1C. The molecule has 32 heavy (non-hydrogen) atoms. The third-order valence-electron chi connectivity index (χ3n) is 5.58. The number of hydrogen-bond acceptors (Lipinski definition) is 7. The van der Waals surface area contributed by atoms with Crippen molar-refractivity contribution >= 4 is 39.1 Å². The highest BCUT2D eigenvalue weighted by molar-refractivity contribution is 7.15. The van der Waals surface area contributed by atoms with Gasteiger partial charge in [-0.25, -0.2) is 9.97 Å². The van der Waals surface area contributed by atoms with Crippen molar-refractivity contribution in [3.8, 4) is 0 Å². The largest absolute Gasteiger partial charge is 0.368 e. The van der Waals surface area contributed by atoms with Crippen LogP contribution in [0.25, 0.3) is 10.9 Å². The summed E-state index contributed by atoms with van der Waals surface area (Å²) in [5, 5.41) is 5.05. The molecule has 0 bridgehead atoms. The number of aryl methyl sites for hydroxylation is 2. The summed E-state index contributed by atoms with van der Waals surface area (Å²) in [5.41, 5.74) is 3.14. The maximum atomic E-state index is 13.3. The van der Waals surface area contributed by atoms with Gasteiger partial charge in [-0.1, -0.05) is 24.3 Å². The molecule has 1 unspecified atom stereocenters. The predicted molar refractivity (Wildman–Crippen MR) is 125 cm³/mol. The Morgan fingerprint density at radius 3 is 2.81 bits per heavy atom. The molecule has 4 heterocycles. The minimum atomic E-state index is -0.294. The number of morpholine rings is 1. The number of pyridine rings is 2. The number of rotatable bonds is 4. The number of anilines is 2. The van der Waals surface area contributed by atoms with Crippen LogP contribution in [0.5, 0.6) is 0 Å². The smallest absolute Gasteiger partial charge is 0.256 e. The lowest BCUT2D eigenvalue weighted by Gasteiger charge is -2.33. The fraction of sp³-hybridized carbons (Fsp3) is 0.250. The van der Waals surface area contributed by atoms with Crippen molar-refractivity contribution in [1.29, 1.82) is 0 Å². The topological polar surface area (TPSA) is 80.2 Å². The van der Waals surface area contributed by atoms with Crippen LogP contribution in [0.15, 0.2) is 54.7 Å². The molecule has 7 nitrogen and oxygen atoms in total. The average molecular weight is 446 g/mol. The Morgan fingerprint density at radius 2 is 1.97 bits per heavy atom. The molecule has 162 valence electrons. The molecule has 1 atom stereocenters. The Morgan fingerprint density at radius 1 is 1.12 bits per heavy atom. The lowest BCUT2D eigenvalue weighted by Crippen LogP contribution is -2.42. The number of nitrogens with one attached hydrogen (secondary N) is 1. The summed E-state index contributed by atoms with van der Waals surface area (Å²) < 4.78 is 5.98. The number of carbonyl (C=O) groups excluding carboxylic acids is 1. The molecule has 8 heteroatoms. The van der Waals surface area contributed by atoms with Crippen LogP contribution < -0.4 is 5.32 Å². The van der Waals surface area contributed by atoms with Crippen LogP contribution in [0.3, 0.4) is 0 Å². The van der Waals surface area contributed by atoms with Gasteiger partial charge in [0, 0.05) is 23.0 Å². The molecule has 1 aliphatic heterocycles. The molecule has 0 spiro atoms. The van der Waals surface area contributed by atoms with Gasteiger partial charge in [-0.05, 0) is 38.1 Å². The second kappa shape index (κ2) is 8.64. The van der Waals surface area contributed by atoms with Gasteiger partial charge in [-0.3, -0.25) is 9.78 Å². The van der Waals surface area contributed by atoms with E-state index >= 15 is 0 Å². The van der Waals surface area contributed by atoms with E-state index in [0.717, 1.165) is 27.4 Å². The zero-order chi connectivity index (χ0) is 22.1. The van der Waals surface area contributed by atoms with E-state index in [9.17, 15) is 4.79 Å². The first-order chi connectivity index (χ1) is 15.6. The van der Waals surface area contributed by atoms with Crippen molar-refractivity contribution in [1.82, 2.24) is 19.9 Å². The number of ether oxygens (including phenoxy) is 1. The Labute approximate surface area is 190 Å². The maximum absolute atomic E-state index is 13.3. The summed E-state index contributed by atoms with van der Waals surface area (Å²) in [6.07, 6.45) is 1.42. The third-order valence-corrected chi connectivity index (χ3v) is 6.57. The van der Waals surface area contributed by atoms with Crippen LogP contribution in [-0.2, 0) is 4.74 Å². The molecule has 1 aromatic carbocycles. The minimum Gasteiger partial charge on any atom is -0.368 e. The Balaban J connectivity index is 1.35. The lowest BCUT2D eigenvalue weighted by atomic mass is 10.1. The van der Waals surface area contributed by atoms with E-state index in [1.54, 1.807) is 17.5 Å². The molecule has 0 saturated carbocycles. The van der Waals surface area contributed by atoms with Crippen molar-refractivity contribution in [2.75, 3.05) is 25.0 Å². The summed E-state index contributed by atoms with van der Waals surface area (Å²) in [6, 6.07) is 15.3. The highest BCUT2D eigenvalue weighted by atomic mass is 32.1. The van der Waals surface area contributed by atoms with E-state index in [0.29, 0.717) is 31.1 Å². The van der Waals surface area contributed by atoms with Crippen LogP contribution in [0.1, 0.15) is 32.7 Å². The normalized spacial score (nSPS) is 16.3. The van der Waals surface area contributed by atoms with Gasteiger partial charge in [-0.15, -0.1) is 11.3 Å². The zero-order valence-corrected chi connectivity index (χ0v) is 18.7. The summed E-state index contributed by atoms with van der Waals surface area (Å²) in [4.78, 5) is 30.0. The number of hydrogen-bond donors (Lipinski definition) is 1. The Hall–Kier alpha value is -3.36. The summed E-state index contributed by atoms with van der Waals surface area (Å²) in [6.45, 7) is 5.48. The first kappa shape index (κ1) is 20.5. The number of nitrogens with zero attached hydrogens (tertiary/aromatic N) is 4. The molecule has 4 aromatic rings. The van der Waals surface area contributed by atoms with Gasteiger partial charge in [0.15, 0.2) is 5.13 Å². The number of carbonyl (C=O) groups is 1. The lowest BCUT2D eigenvalue weighted by molar-refractivity contribution is -0.0246. The van der Waals surface area contributed by atoms with Gasteiger partial charge in [0.1, 0.15) is 11.9 Å². The van der Waals surface area contributed by atoms with Crippen LogP contribution >= 0.6 is 11.3 Å². The summed E-state index contributed by atoms with van der Waals surface area (Å²) in [5.74, 6) is 0.673. The van der Waals surface area contributed by atoms with Crippen LogP contribution in [0.4, 0.5) is 10.9 Å². The van der Waals surface area contributed by atoms with Crippen molar-refractivity contribution < 1.29 is 9.53 Å². The second-order valence-electron chi connectivity index (χ2n) is 7.72. The highest BCUT2D eigenvalue weighted by Gasteiger charge is 2.28. The third kappa shape index (κ3) is 4.06. The van der Waals surface area contributed by atoms with Gasteiger partial charge in [-0.2, -0.15) is 0 Å². The summed E-state index contributed by atoms with van der Waals surface area (Å²) in [7, 11) is 0. The highest BCUT2D eigenvalue weighted by Crippen LogP contribution is 2.27. The molecule has 3 aromatic heterocycles. The molecular weight excluding hydrogens is 422 g/mol. The molecule has 0 radical (unpaired) electrons. The second-order valence-corrected chi connectivity index (χ2v) is 8.93. The van der Waals surface area contributed by atoms with Gasteiger partial charge in [0.2, 0.25) is 0 Å². The van der Waals surface area contributed by atoms with E-state index < -0.39 is 0 Å². The fourth-order valence-electron chi connectivity index (χ4n) is 3.80. The molecule has 1 N–H and O–H groups in total. The predicted octanol–water partition coefficient (Wildman–Crippen LogP) is 4.66. The van der Waals surface area contributed by atoms with E-state index in [4.69, 9.17) is 9.72 Å². The van der Waals surface area contributed by atoms with Crippen LogP contribution in [0, 0.1) is 13.8 Å². The van der Waals surface area contributed by atoms with E-state index in [-0.39, 0.29) is 12.0 Å². The molecule has 1 fully saturated rings. The molecule has 1 amide bonds. The number of amides is 1. The van der Waals surface area contributed by atoms with Crippen molar-refractivity contribution in [2.24, 2.45) is 0 Å². The van der Waals surface area contributed by atoms with Crippen LogP contribution in [0.2, 0.25) is 0 Å². The monoisotopic (exact) mass is 445 g/mol. The molecule has 1 aliphatic rings. The van der Waals surface area contributed by atoms with Gasteiger partial charge < -0.3 is 15.0 Å². The van der Waals surface area contributed by atoms with Gasteiger partial charge >= 0.3 is 0 Å². The number of aromatic nitrogens is 3. The number of fused-ring (bicyclic) bond motifs is 1. The van der Waals surface area contributed by atoms with Gasteiger partial charge in [0.05, 0.1) is 35.6 Å². The average Bonchev–Trinajstić information content (AvgIpc) is 3.14. The minimum absolute atomic E-state index is 0.0365. The van der Waals surface area contributed by atoms with Crippen LogP contribution in [-0.4, -0.2) is 45.5 Å². The van der Waals surface area contributed by atoms with E-state index in [1.165, 1.54) is 4.88 Å². The van der Waals surface area contributed by atoms with Crippen molar-refractivity contribution in [3.63, 3.8) is 0 Å². The number of benzene rings is 1. The molecular formula is C24H23N5O2S. The first-order valence-electron chi connectivity index (χ1n) is 10.5. The molecule has 5 rings (SSSR count). The van der Waals surface area contributed by atoms with Crippen molar-refractivity contribution in [3.05, 3.63) is 76.6 Å². The standard InChI is InChI=1S/C24H23N5O2S/c1-15-16(2)32-24(26-15)28-21-10-4-9-19(27-21)20-14-29(12-13-31-20)23(30)18-8-3-6-17-7-5-11-25-22(17)18/h3-11,20H,12-14H2,1-2H3,(H,26,27,28). The maximum Gasteiger partial charge on any atom is 0.256 e. The Kier molecular flexibility index (Phi) is 5.55. The molecule has 1 saturated heterocycles. The summed E-state index contributed by atoms with van der Waals surface area (Å²) >= 11 is 1.60. The number of para-hydroxylation sites is 1. The van der Waals surface area contributed by atoms with E-state index in [1.807, 2.05) is 60.4 Å². The van der Waals surface area contributed by atoms with Crippen molar-refractivity contribution in [2.45, 2.75) is 20.0 Å². The van der Waals surface area contributed by atoms with E-state index in [2.05, 4.69) is 22.2 Å².